The van der Waals surface area contributed by atoms with Crippen molar-refractivity contribution in [2.24, 2.45) is 0 Å². The van der Waals surface area contributed by atoms with E-state index in [2.05, 4.69) is 0 Å². The number of ether oxygens (including phenoxy) is 1. The molecule has 0 radical (unpaired) electrons. The smallest absolute Gasteiger partial charge is 0.254 e. The summed E-state index contributed by atoms with van der Waals surface area (Å²) in [6.07, 6.45) is 5.79. The van der Waals surface area contributed by atoms with E-state index in [1.54, 1.807) is 0 Å². The maximum Gasteiger partial charge on any atom is 0.254 e. The Morgan fingerprint density at radius 1 is 1.40 bits per heavy atom. The summed E-state index contributed by atoms with van der Waals surface area (Å²) in [5.41, 5.74) is 8.36. The fourth-order valence-corrected chi connectivity index (χ4v) is 3.13. The van der Waals surface area contributed by atoms with Gasteiger partial charge < -0.3 is 15.4 Å². The number of amides is 1. The highest BCUT2D eigenvalue weighted by atomic mass is 16.5. The second-order valence-electron chi connectivity index (χ2n) is 5.74. The molecular weight excluding hydrogens is 252 g/mol. The third-order valence-electron chi connectivity index (χ3n) is 4.28. The van der Waals surface area contributed by atoms with Crippen LogP contribution in [0, 0.1) is 0 Å². The van der Waals surface area contributed by atoms with Gasteiger partial charge in [0.2, 0.25) is 0 Å². The van der Waals surface area contributed by atoms with Crippen LogP contribution in [0.2, 0.25) is 0 Å². The van der Waals surface area contributed by atoms with Gasteiger partial charge >= 0.3 is 0 Å². The molecule has 0 aliphatic carbocycles. The lowest BCUT2D eigenvalue weighted by molar-refractivity contribution is 0.0707. The molecule has 1 aromatic rings. The lowest BCUT2D eigenvalue weighted by atomic mass is 9.98. The Bertz CT molecular complexity index is 495. The number of hydrogen-bond donors (Lipinski definition) is 1. The number of benzene rings is 1. The van der Waals surface area contributed by atoms with Crippen molar-refractivity contribution in [2.75, 3.05) is 25.4 Å². The molecule has 2 heterocycles. The minimum absolute atomic E-state index is 0.130. The van der Waals surface area contributed by atoms with Gasteiger partial charge in [-0.1, -0.05) is 6.07 Å². The van der Waals surface area contributed by atoms with E-state index in [0.717, 1.165) is 50.1 Å². The number of anilines is 1. The van der Waals surface area contributed by atoms with E-state index in [9.17, 15) is 4.79 Å². The van der Waals surface area contributed by atoms with E-state index in [4.69, 9.17) is 10.5 Å². The second-order valence-corrected chi connectivity index (χ2v) is 5.74. The molecule has 20 heavy (non-hydrogen) atoms. The molecule has 0 spiro atoms. The van der Waals surface area contributed by atoms with E-state index >= 15 is 0 Å². The Morgan fingerprint density at radius 3 is 3.10 bits per heavy atom. The van der Waals surface area contributed by atoms with Gasteiger partial charge in [-0.25, -0.2) is 0 Å². The van der Waals surface area contributed by atoms with E-state index < -0.39 is 0 Å². The molecule has 3 rings (SSSR count). The number of carbonyl (C=O) groups excluding carboxylic acids is 1. The largest absolute Gasteiger partial charge is 0.399 e. The maximum absolute atomic E-state index is 12.4. The van der Waals surface area contributed by atoms with Crippen LogP contribution in [0.3, 0.4) is 0 Å². The number of nitrogens with zero attached hydrogens (tertiary/aromatic N) is 1. The summed E-state index contributed by atoms with van der Waals surface area (Å²) < 4.78 is 5.62. The molecule has 1 saturated heterocycles. The van der Waals surface area contributed by atoms with Gasteiger partial charge in [0.05, 0.1) is 6.10 Å². The zero-order chi connectivity index (χ0) is 13.9. The van der Waals surface area contributed by atoms with Crippen molar-refractivity contribution < 1.29 is 9.53 Å². The number of fused-ring (bicyclic) bond motifs is 1. The number of nitrogens with two attached hydrogens (primary N) is 1. The van der Waals surface area contributed by atoms with Crippen molar-refractivity contribution in [3.63, 3.8) is 0 Å². The molecule has 1 fully saturated rings. The Morgan fingerprint density at radius 2 is 2.30 bits per heavy atom. The number of rotatable bonds is 4. The summed E-state index contributed by atoms with van der Waals surface area (Å²) >= 11 is 0. The molecule has 0 aromatic heterocycles. The molecule has 2 N–H and O–H groups in total. The van der Waals surface area contributed by atoms with Crippen LogP contribution in [0.15, 0.2) is 18.2 Å². The van der Waals surface area contributed by atoms with Gasteiger partial charge in [-0.15, -0.1) is 0 Å². The zero-order valence-electron chi connectivity index (χ0n) is 11.8. The quantitative estimate of drug-likeness (QED) is 0.857. The fraction of sp³-hybridized carbons (Fsp3) is 0.562. The first-order chi connectivity index (χ1) is 9.74. The highest BCUT2D eigenvalue weighted by Gasteiger charge is 2.24. The van der Waals surface area contributed by atoms with Crippen LogP contribution in [0.5, 0.6) is 0 Å². The Balaban J connectivity index is 1.57. The van der Waals surface area contributed by atoms with E-state index in [0.29, 0.717) is 11.8 Å². The average Bonchev–Trinajstić information content (AvgIpc) is 2.95. The first kappa shape index (κ1) is 13.4. The molecule has 108 valence electrons. The molecule has 1 aromatic carbocycles. The van der Waals surface area contributed by atoms with Crippen molar-refractivity contribution in [3.05, 3.63) is 29.3 Å². The first-order valence-electron chi connectivity index (χ1n) is 7.53. The van der Waals surface area contributed by atoms with Gasteiger partial charge in [0.25, 0.3) is 5.91 Å². The molecule has 1 unspecified atom stereocenters. The molecule has 4 nitrogen and oxygen atoms in total. The van der Waals surface area contributed by atoms with E-state index in [1.165, 1.54) is 12.8 Å². The van der Waals surface area contributed by atoms with Crippen molar-refractivity contribution in [3.8, 4) is 0 Å². The molecule has 1 amide bonds. The third-order valence-corrected chi connectivity index (χ3v) is 4.28. The molecule has 0 saturated carbocycles. The van der Waals surface area contributed by atoms with Gasteiger partial charge in [0.1, 0.15) is 0 Å². The lowest BCUT2D eigenvalue weighted by Gasteiger charge is -2.29. The SMILES string of the molecule is Nc1ccc2c(c1)C(=O)N(CCCC1CCCO1)CC2. The van der Waals surface area contributed by atoms with Crippen molar-refractivity contribution in [1.82, 2.24) is 4.90 Å². The van der Waals surface area contributed by atoms with Gasteiger partial charge in [-0.2, -0.15) is 0 Å². The van der Waals surface area contributed by atoms with Crippen LogP contribution in [0.1, 0.15) is 41.6 Å². The molecule has 2 aliphatic heterocycles. The van der Waals surface area contributed by atoms with Crippen LogP contribution in [0.4, 0.5) is 5.69 Å². The summed E-state index contributed by atoms with van der Waals surface area (Å²) in [5.74, 6) is 0.130. The Kier molecular flexibility index (Phi) is 3.92. The zero-order valence-corrected chi connectivity index (χ0v) is 11.8. The molecule has 0 bridgehead atoms. The molecule has 4 heteroatoms. The topological polar surface area (TPSA) is 55.6 Å². The van der Waals surface area contributed by atoms with Gasteiger partial charge in [0.15, 0.2) is 0 Å². The molecule has 2 aliphatic rings. The van der Waals surface area contributed by atoms with Crippen LogP contribution in [-0.4, -0.2) is 36.6 Å². The summed E-state index contributed by atoms with van der Waals surface area (Å²) in [6, 6.07) is 5.66. The summed E-state index contributed by atoms with van der Waals surface area (Å²) in [4.78, 5) is 14.4. The molecular formula is C16H22N2O2. The molecule has 1 atom stereocenters. The standard InChI is InChI=1S/C16H22N2O2/c17-13-6-5-12-7-9-18(16(19)15(12)11-13)8-1-3-14-4-2-10-20-14/h5-6,11,14H,1-4,7-10,17H2. The van der Waals surface area contributed by atoms with Gasteiger partial charge in [-0.3, -0.25) is 4.79 Å². The maximum atomic E-state index is 12.4. The Hall–Kier alpha value is -1.55. The van der Waals surface area contributed by atoms with Crippen LogP contribution in [-0.2, 0) is 11.2 Å². The minimum Gasteiger partial charge on any atom is -0.399 e. The average molecular weight is 274 g/mol. The van der Waals surface area contributed by atoms with Crippen molar-refractivity contribution >= 4 is 11.6 Å². The fourth-order valence-electron chi connectivity index (χ4n) is 3.13. The number of carbonyl (C=O) groups is 1. The first-order valence-corrected chi connectivity index (χ1v) is 7.53. The summed E-state index contributed by atoms with van der Waals surface area (Å²) in [5, 5.41) is 0. The second kappa shape index (κ2) is 5.83. The highest BCUT2D eigenvalue weighted by molar-refractivity contribution is 5.97. The van der Waals surface area contributed by atoms with Gasteiger partial charge in [0, 0.05) is 30.9 Å². The van der Waals surface area contributed by atoms with Crippen LogP contribution >= 0.6 is 0 Å². The van der Waals surface area contributed by atoms with Crippen LogP contribution < -0.4 is 5.73 Å². The predicted molar refractivity (Wildman–Crippen MR) is 78.7 cm³/mol. The van der Waals surface area contributed by atoms with Crippen LogP contribution in [0.25, 0.3) is 0 Å². The summed E-state index contributed by atoms with van der Waals surface area (Å²) in [7, 11) is 0. The summed E-state index contributed by atoms with van der Waals surface area (Å²) in [6.45, 7) is 2.55. The van der Waals surface area contributed by atoms with Crippen molar-refractivity contribution in [1.29, 1.82) is 0 Å². The lowest BCUT2D eigenvalue weighted by Crippen LogP contribution is -2.38. The van der Waals surface area contributed by atoms with E-state index in [1.807, 2.05) is 23.1 Å². The van der Waals surface area contributed by atoms with Crippen molar-refractivity contribution in [2.45, 2.75) is 38.2 Å². The normalized spacial score (nSPS) is 22.1. The number of hydrogen-bond acceptors (Lipinski definition) is 3. The Labute approximate surface area is 119 Å². The highest BCUT2D eigenvalue weighted by Crippen LogP contribution is 2.22. The monoisotopic (exact) mass is 274 g/mol. The third kappa shape index (κ3) is 2.80. The predicted octanol–water partition coefficient (Wildman–Crippen LogP) is 2.23. The number of nitrogen functional groups attached to an aromatic ring is 1. The van der Waals surface area contributed by atoms with Gasteiger partial charge in [-0.05, 0) is 49.8 Å². The minimum atomic E-state index is 0.130. The van der Waals surface area contributed by atoms with E-state index in [-0.39, 0.29) is 5.91 Å².